The number of anilines is 1. The van der Waals surface area contributed by atoms with E-state index in [9.17, 15) is 4.79 Å². The smallest absolute Gasteiger partial charge is 0.255 e. The number of methoxy groups -OCH3 is 1. The monoisotopic (exact) mass is 421 g/mol. The second-order valence-corrected chi connectivity index (χ2v) is 8.02. The molecule has 1 aliphatic rings. The highest BCUT2D eigenvalue weighted by Gasteiger charge is 2.17. The molecule has 0 aliphatic carbocycles. The number of carbonyl (C=O) groups excluding carboxylic acids is 1. The number of aromatic nitrogens is 2. The number of hydrogen-bond donors (Lipinski definition) is 1. The molecule has 0 unspecified atom stereocenters. The average Bonchev–Trinajstić information content (AvgIpc) is 3.25. The second kappa shape index (κ2) is 9.83. The largest absolute Gasteiger partial charge is 0.497 e. The summed E-state index contributed by atoms with van der Waals surface area (Å²) in [7, 11) is 1.71. The summed E-state index contributed by atoms with van der Waals surface area (Å²) < 4.78 is 7.14. The number of nitrogens with zero attached hydrogens (tertiary/aromatic N) is 4. The first-order valence-electron chi connectivity index (χ1n) is 11.0. The molecule has 3 heterocycles. The zero-order valence-electron chi connectivity index (χ0n) is 18.4. The Kier molecular flexibility index (Phi) is 6.72. The number of amides is 1. The molecule has 0 saturated carbocycles. The van der Waals surface area contributed by atoms with E-state index in [-0.39, 0.29) is 5.91 Å². The van der Waals surface area contributed by atoms with E-state index in [2.05, 4.69) is 32.3 Å². The van der Waals surface area contributed by atoms with E-state index in [1.54, 1.807) is 17.8 Å². The van der Waals surface area contributed by atoms with Crippen molar-refractivity contribution in [1.82, 2.24) is 19.8 Å². The van der Waals surface area contributed by atoms with Crippen LogP contribution in [-0.4, -0.2) is 66.8 Å². The Morgan fingerprint density at radius 2 is 1.90 bits per heavy atom. The summed E-state index contributed by atoms with van der Waals surface area (Å²) in [5.41, 5.74) is 3.73. The molecule has 1 amide bonds. The summed E-state index contributed by atoms with van der Waals surface area (Å²) >= 11 is 0. The van der Waals surface area contributed by atoms with E-state index in [1.807, 2.05) is 37.3 Å². The van der Waals surface area contributed by atoms with Gasteiger partial charge in [-0.2, -0.15) is 5.10 Å². The lowest BCUT2D eigenvalue weighted by molar-refractivity contribution is 0.0954. The van der Waals surface area contributed by atoms with Crippen LogP contribution in [0.1, 0.15) is 28.9 Å². The van der Waals surface area contributed by atoms with Gasteiger partial charge in [0.1, 0.15) is 5.75 Å². The molecule has 1 aromatic carbocycles. The van der Waals surface area contributed by atoms with Crippen LogP contribution in [-0.2, 0) is 0 Å². The first-order valence-corrected chi connectivity index (χ1v) is 11.0. The maximum atomic E-state index is 12.5. The molecule has 1 aliphatic heterocycles. The number of pyridine rings is 1. The van der Waals surface area contributed by atoms with Crippen LogP contribution in [0.2, 0.25) is 0 Å². The Morgan fingerprint density at radius 1 is 1.10 bits per heavy atom. The number of unbranched alkanes of at least 4 members (excludes halogenated alkanes) is 1. The third-order valence-corrected chi connectivity index (χ3v) is 5.95. The molecule has 7 nitrogen and oxygen atoms in total. The van der Waals surface area contributed by atoms with Gasteiger partial charge in [-0.25, -0.2) is 4.52 Å². The molecule has 1 fully saturated rings. The van der Waals surface area contributed by atoms with Gasteiger partial charge in [-0.15, -0.1) is 0 Å². The number of nitrogens with one attached hydrogen (secondary N) is 1. The van der Waals surface area contributed by atoms with Crippen LogP contribution in [0.3, 0.4) is 0 Å². The van der Waals surface area contributed by atoms with Gasteiger partial charge in [0, 0.05) is 50.2 Å². The number of aryl methyl sites for hydroxylation is 1. The lowest BCUT2D eigenvalue weighted by Crippen LogP contribution is -2.46. The van der Waals surface area contributed by atoms with Crippen LogP contribution in [0.25, 0.3) is 5.52 Å². The van der Waals surface area contributed by atoms with E-state index in [0.29, 0.717) is 12.1 Å². The molecule has 0 atom stereocenters. The predicted octanol–water partition coefficient (Wildman–Crippen LogP) is 2.98. The zero-order chi connectivity index (χ0) is 21.6. The molecule has 164 valence electrons. The van der Waals surface area contributed by atoms with Gasteiger partial charge in [-0.3, -0.25) is 9.69 Å². The summed E-state index contributed by atoms with van der Waals surface area (Å²) in [6.07, 6.45) is 3.70. The maximum absolute atomic E-state index is 12.5. The summed E-state index contributed by atoms with van der Waals surface area (Å²) in [4.78, 5) is 17.4. The number of fused-ring (bicyclic) bond motifs is 1. The lowest BCUT2D eigenvalue weighted by atomic mass is 10.2. The molecular formula is C24H31N5O2. The van der Waals surface area contributed by atoms with Crippen LogP contribution in [0.15, 0.2) is 48.7 Å². The molecule has 0 radical (unpaired) electrons. The zero-order valence-corrected chi connectivity index (χ0v) is 18.4. The molecule has 31 heavy (non-hydrogen) atoms. The second-order valence-electron chi connectivity index (χ2n) is 8.02. The van der Waals surface area contributed by atoms with Gasteiger partial charge in [0.25, 0.3) is 5.91 Å². The SMILES string of the molecule is COc1cccc(N2CCN(CCCCNC(=O)c3cnn4c(C)cccc34)CC2)c1. The minimum atomic E-state index is -0.0486. The Morgan fingerprint density at radius 3 is 2.71 bits per heavy atom. The topological polar surface area (TPSA) is 62.1 Å². The Bertz CT molecular complexity index is 1020. The highest BCUT2D eigenvalue weighted by molar-refractivity contribution is 6.00. The van der Waals surface area contributed by atoms with Gasteiger partial charge in [-0.05, 0) is 50.6 Å². The highest BCUT2D eigenvalue weighted by Crippen LogP contribution is 2.22. The molecule has 3 aromatic rings. The van der Waals surface area contributed by atoms with Gasteiger partial charge in [0.15, 0.2) is 0 Å². The molecule has 1 N–H and O–H groups in total. The Balaban J connectivity index is 1.16. The minimum Gasteiger partial charge on any atom is -0.497 e. The van der Waals surface area contributed by atoms with E-state index in [1.165, 1.54) is 5.69 Å². The Hall–Kier alpha value is -3.06. The third kappa shape index (κ3) is 4.99. The van der Waals surface area contributed by atoms with Crippen molar-refractivity contribution in [3.05, 3.63) is 59.9 Å². The third-order valence-electron chi connectivity index (χ3n) is 5.95. The van der Waals surface area contributed by atoms with Crippen molar-refractivity contribution < 1.29 is 9.53 Å². The molecule has 0 bridgehead atoms. The van der Waals surface area contributed by atoms with Crippen LogP contribution in [0, 0.1) is 6.92 Å². The van der Waals surface area contributed by atoms with Crippen LogP contribution >= 0.6 is 0 Å². The first kappa shape index (κ1) is 21.2. The van der Waals surface area contributed by atoms with Crippen molar-refractivity contribution in [2.45, 2.75) is 19.8 Å². The standard InChI is InChI=1S/C24H31N5O2/c1-19-7-5-10-23-22(18-26-29(19)23)24(30)25-11-3-4-12-27-13-15-28(16-14-27)20-8-6-9-21(17-20)31-2/h5-10,17-18H,3-4,11-16H2,1-2H3,(H,25,30). The minimum absolute atomic E-state index is 0.0486. The first-order chi connectivity index (χ1) is 15.2. The fraction of sp³-hybridized carbons (Fsp3) is 0.417. The maximum Gasteiger partial charge on any atom is 0.255 e. The fourth-order valence-corrected chi connectivity index (χ4v) is 4.12. The lowest BCUT2D eigenvalue weighted by Gasteiger charge is -2.36. The number of piperazine rings is 1. The normalized spacial score (nSPS) is 14.7. The van der Waals surface area contributed by atoms with Crippen molar-refractivity contribution in [2.24, 2.45) is 0 Å². The van der Waals surface area contributed by atoms with E-state index in [0.717, 1.165) is 62.5 Å². The van der Waals surface area contributed by atoms with Crippen molar-refractivity contribution >= 4 is 17.1 Å². The van der Waals surface area contributed by atoms with Gasteiger partial charge < -0.3 is 15.0 Å². The van der Waals surface area contributed by atoms with Crippen LogP contribution < -0.4 is 15.0 Å². The molecule has 2 aromatic heterocycles. The number of rotatable bonds is 8. The quantitative estimate of drug-likeness (QED) is 0.567. The van der Waals surface area contributed by atoms with Crippen molar-refractivity contribution in [3.63, 3.8) is 0 Å². The molecule has 7 heteroatoms. The van der Waals surface area contributed by atoms with Gasteiger partial charge >= 0.3 is 0 Å². The predicted molar refractivity (Wildman–Crippen MR) is 123 cm³/mol. The van der Waals surface area contributed by atoms with Gasteiger partial charge in [0.2, 0.25) is 0 Å². The van der Waals surface area contributed by atoms with E-state index >= 15 is 0 Å². The molecule has 4 rings (SSSR count). The number of ether oxygens (including phenoxy) is 1. The molecular weight excluding hydrogens is 390 g/mol. The number of carbonyl (C=O) groups is 1. The number of benzene rings is 1. The molecule has 1 saturated heterocycles. The molecule has 0 spiro atoms. The fourth-order valence-electron chi connectivity index (χ4n) is 4.12. The summed E-state index contributed by atoms with van der Waals surface area (Å²) in [6.45, 7) is 7.91. The Labute approximate surface area is 183 Å². The van der Waals surface area contributed by atoms with Crippen LogP contribution in [0.5, 0.6) is 5.75 Å². The van der Waals surface area contributed by atoms with Gasteiger partial charge in [0.05, 0.1) is 24.4 Å². The van der Waals surface area contributed by atoms with E-state index < -0.39 is 0 Å². The van der Waals surface area contributed by atoms with Crippen molar-refractivity contribution in [2.75, 3.05) is 51.3 Å². The van der Waals surface area contributed by atoms with Crippen molar-refractivity contribution in [1.29, 1.82) is 0 Å². The van der Waals surface area contributed by atoms with Gasteiger partial charge in [-0.1, -0.05) is 12.1 Å². The summed E-state index contributed by atoms with van der Waals surface area (Å²) in [6, 6.07) is 14.1. The van der Waals surface area contributed by atoms with Crippen LogP contribution in [0.4, 0.5) is 5.69 Å². The highest BCUT2D eigenvalue weighted by atomic mass is 16.5. The summed E-state index contributed by atoms with van der Waals surface area (Å²) in [5, 5.41) is 7.36. The number of hydrogen-bond acceptors (Lipinski definition) is 5. The van der Waals surface area contributed by atoms with E-state index in [4.69, 9.17) is 4.74 Å². The average molecular weight is 422 g/mol. The summed E-state index contributed by atoms with van der Waals surface area (Å²) in [5.74, 6) is 0.855. The van der Waals surface area contributed by atoms with Crippen molar-refractivity contribution in [3.8, 4) is 5.75 Å².